The normalized spacial score (nSPS) is 28.7. The van der Waals surface area contributed by atoms with Crippen molar-refractivity contribution in [1.29, 1.82) is 0 Å². The first-order valence-electron chi connectivity index (χ1n) is 13.6. The van der Waals surface area contributed by atoms with Crippen LogP contribution in [0, 0.1) is 11.8 Å². The van der Waals surface area contributed by atoms with E-state index in [1.165, 1.54) is 25.7 Å². The number of halogens is 2. The summed E-state index contributed by atoms with van der Waals surface area (Å²) in [5.41, 5.74) is 1.36. The number of amides is 1. The second kappa shape index (κ2) is 10.4. The van der Waals surface area contributed by atoms with Crippen molar-refractivity contribution in [3.63, 3.8) is 0 Å². The zero-order valence-electron chi connectivity index (χ0n) is 21.5. The molecule has 1 amide bonds. The summed E-state index contributed by atoms with van der Waals surface area (Å²) in [7, 11) is -2.93. The second-order valence-electron chi connectivity index (χ2n) is 11.7. The van der Waals surface area contributed by atoms with Gasteiger partial charge in [0.1, 0.15) is 0 Å². The third-order valence-corrected chi connectivity index (χ3v) is 11.8. The van der Waals surface area contributed by atoms with Crippen molar-refractivity contribution in [3.8, 4) is 0 Å². The number of fused-ring (bicyclic) bond motifs is 2. The van der Waals surface area contributed by atoms with Crippen molar-refractivity contribution in [2.75, 3.05) is 55.7 Å². The molecule has 1 aromatic carbocycles. The lowest BCUT2D eigenvalue weighted by Gasteiger charge is -2.44. The van der Waals surface area contributed by atoms with Gasteiger partial charge in [-0.1, -0.05) is 37.0 Å². The molecule has 0 unspecified atom stereocenters. The highest BCUT2D eigenvalue weighted by atomic mass is 35.5. The number of benzene rings is 1. The number of hydrogen-bond acceptors (Lipinski definition) is 5. The van der Waals surface area contributed by atoms with Crippen LogP contribution in [-0.4, -0.2) is 80.9 Å². The fraction of sp³-hybridized carbons (Fsp3) is 0.741. The maximum Gasteiger partial charge on any atom is 0.237 e. The molecule has 0 atom stereocenters. The minimum atomic E-state index is -2.93. The van der Waals surface area contributed by atoms with E-state index in [1.54, 1.807) is 0 Å². The zero-order chi connectivity index (χ0) is 25.7. The molecule has 6 nitrogen and oxygen atoms in total. The van der Waals surface area contributed by atoms with Gasteiger partial charge in [-0.2, -0.15) is 0 Å². The number of piperidine rings is 1. The van der Waals surface area contributed by atoms with E-state index in [9.17, 15) is 13.2 Å². The quantitative estimate of drug-likeness (QED) is 0.530. The Hall–Kier alpha value is -0.860. The van der Waals surface area contributed by atoms with E-state index in [4.69, 9.17) is 23.2 Å². The summed E-state index contributed by atoms with van der Waals surface area (Å²) in [6, 6.07) is 4.41. The fourth-order valence-corrected chi connectivity index (χ4v) is 8.55. The van der Waals surface area contributed by atoms with Crippen LogP contribution in [0.4, 0.5) is 5.69 Å². The van der Waals surface area contributed by atoms with Crippen molar-refractivity contribution < 1.29 is 13.2 Å². The number of anilines is 1. The van der Waals surface area contributed by atoms with Gasteiger partial charge in [-0.05, 0) is 81.1 Å². The van der Waals surface area contributed by atoms with E-state index in [1.807, 2.05) is 17.0 Å². The molecule has 3 fully saturated rings. The van der Waals surface area contributed by atoms with Crippen molar-refractivity contribution in [3.05, 3.63) is 27.7 Å². The molecule has 5 rings (SSSR count). The smallest absolute Gasteiger partial charge is 0.237 e. The molecule has 0 radical (unpaired) electrons. The third-order valence-electron chi connectivity index (χ3n) is 9.43. The molecular weight excluding hydrogens is 517 g/mol. The van der Waals surface area contributed by atoms with Crippen molar-refractivity contribution in [1.82, 2.24) is 9.80 Å². The maximum absolute atomic E-state index is 14.0. The van der Waals surface area contributed by atoms with E-state index < -0.39 is 15.3 Å². The zero-order valence-corrected chi connectivity index (χ0v) is 23.8. The Morgan fingerprint density at radius 2 is 1.56 bits per heavy atom. The van der Waals surface area contributed by atoms with E-state index in [0.29, 0.717) is 42.3 Å². The van der Waals surface area contributed by atoms with Gasteiger partial charge in [0.2, 0.25) is 5.91 Å². The molecule has 0 N–H and O–H groups in total. The largest absolute Gasteiger partial charge is 0.310 e. The number of carbonyl (C=O) groups excluding carboxylic acids is 1. The minimum Gasteiger partial charge on any atom is -0.310 e. The molecule has 1 aromatic rings. The minimum absolute atomic E-state index is 0.156. The van der Waals surface area contributed by atoms with Crippen LogP contribution in [-0.2, 0) is 20.0 Å². The Balaban J connectivity index is 1.30. The summed E-state index contributed by atoms with van der Waals surface area (Å²) >= 11 is 12.9. The molecular formula is C27H39Cl2N3O3S. The Morgan fingerprint density at radius 3 is 2.17 bits per heavy atom. The van der Waals surface area contributed by atoms with E-state index in [2.05, 4.69) is 23.6 Å². The van der Waals surface area contributed by atoms with Gasteiger partial charge >= 0.3 is 0 Å². The SMILES string of the molecule is CC(C)[C@H]1CC[C@H](N2CCC3(CC2)C(=O)N(CCN2CCS(=O)(=O)CC2)c2cc(Cl)c(Cl)cc23)CC1. The van der Waals surface area contributed by atoms with E-state index >= 15 is 0 Å². The third kappa shape index (κ3) is 5.07. The van der Waals surface area contributed by atoms with Gasteiger partial charge in [0, 0.05) is 37.9 Å². The van der Waals surface area contributed by atoms with Crippen molar-refractivity contribution >= 4 is 44.6 Å². The van der Waals surface area contributed by atoms with Gasteiger partial charge in [-0.15, -0.1) is 0 Å². The lowest BCUT2D eigenvalue weighted by molar-refractivity contribution is -0.125. The van der Waals surface area contributed by atoms with Crippen molar-refractivity contribution in [2.45, 2.75) is 63.8 Å². The van der Waals surface area contributed by atoms with Gasteiger partial charge < -0.3 is 9.80 Å². The molecule has 36 heavy (non-hydrogen) atoms. The average molecular weight is 557 g/mol. The highest BCUT2D eigenvalue weighted by Gasteiger charge is 2.52. The van der Waals surface area contributed by atoms with Crippen LogP contribution >= 0.6 is 23.2 Å². The first kappa shape index (κ1) is 26.7. The van der Waals surface area contributed by atoms with Crippen LogP contribution in [0.25, 0.3) is 0 Å². The second-order valence-corrected chi connectivity index (χ2v) is 14.8. The first-order chi connectivity index (χ1) is 17.1. The molecule has 200 valence electrons. The molecule has 9 heteroatoms. The molecule has 0 bridgehead atoms. The van der Waals surface area contributed by atoms with Gasteiger partial charge in [0.05, 0.1) is 27.0 Å². The van der Waals surface area contributed by atoms with Crippen LogP contribution in [0.5, 0.6) is 0 Å². The van der Waals surface area contributed by atoms with Crippen LogP contribution in [0.2, 0.25) is 10.0 Å². The summed E-state index contributed by atoms with van der Waals surface area (Å²) in [6.07, 6.45) is 6.76. The highest BCUT2D eigenvalue weighted by Crippen LogP contribution is 2.50. The summed E-state index contributed by atoms with van der Waals surface area (Å²) in [5.74, 6) is 2.15. The molecule has 1 aliphatic carbocycles. The van der Waals surface area contributed by atoms with Crippen LogP contribution < -0.4 is 4.90 Å². The Morgan fingerprint density at radius 1 is 0.944 bits per heavy atom. The van der Waals surface area contributed by atoms with Crippen molar-refractivity contribution in [2.24, 2.45) is 11.8 Å². The summed E-state index contributed by atoms with van der Waals surface area (Å²) in [5, 5.41) is 0.966. The Labute approximate surface area is 226 Å². The summed E-state index contributed by atoms with van der Waals surface area (Å²) in [6.45, 7) is 8.79. The van der Waals surface area contributed by atoms with Gasteiger partial charge in [0.25, 0.3) is 0 Å². The number of nitrogens with zero attached hydrogens (tertiary/aromatic N) is 3. The van der Waals surface area contributed by atoms with Gasteiger partial charge in [-0.3, -0.25) is 9.69 Å². The monoisotopic (exact) mass is 555 g/mol. The topological polar surface area (TPSA) is 60.9 Å². The van der Waals surface area contributed by atoms with Gasteiger partial charge in [0.15, 0.2) is 9.84 Å². The Bertz CT molecular complexity index is 1080. The van der Waals surface area contributed by atoms with Crippen LogP contribution in [0.3, 0.4) is 0 Å². The Kier molecular flexibility index (Phi) is 7.70. The highest BCUT2D eigenvalue weighted by molar-refractivity contribution is 7.91. The molecule has 3 heterocycles. The number of rotatable bonds is 5. The number of hydrogen-bond donors (Lipinski definition) is 0. The summed E-state index contributed by atoms with van der Waals surface area (Å²) < 4.78 is 23.6. The predicted molar refractivity (Wildman–Crippen MR) is 147 cm³/mol. The summed E-state index contributed by atoms with van der Waals surface area (Å²) in [4.78, 5) is 20.7. The number of sulfone groups is 1. The van der Waals surface area contributed by atoms with Gasteiger partial charge in [-0.25, -0.2) is 8.42 Å². The van der Waals surface area contributed by atoms with E-state index in [0.717, 1.165) is 49.0 Å². The first-order valence-corrected chi connectivity index (χ1v) is 16.2. The molecule has 2 saturated heterocycles. The molecule has 1 spiro atoms. The molecule has 3 aliphatic heterocycles. The maximum atomic E-state index is 14.0. The molecule has 4 aliphatic rings. The van der Waals surface area contributed by atoms with Crippen LogP contribution in [0.15, 0.2) is 12.1 Å². The standard InChI is InChI=1S/C27H39Cl2N3O3S/c1-19(2)20-3-5-21(6-4-20)31-9-7-27(8-10-31)22-17-23(28)24(29)18-25(22)32(26(27)33)12-11-30-13-15-36(34,35)16-14-30/h17-21H,3-16H2,1-2H3/t20-,21-. The molecule has 0 aromatic heterocycles. The lowest BCUT2D eigenvalue weighted by Crippen LogP contribution is -2.52. The average Bonchev–Trinajstić information content (AvgIpc) is 3.06. The molecule has 1 saturated carbocycles. The number of carbonyl (C=O) groups is 1. The van der Waals surface area contributed by atoms with Crippen LogP contribution in [0.1, 0.15) is 57.9 Å². The predicted octanol–water partition coefficient (Wildman–Crippen LogP) is 4.62. The van der Waals surface area contributed by atoms with E-state index in [-0.39, 0.29) is 17.4 Å². The fourth-order valence-electron chi connectivity index (χ4n) is 6.95. The lowest BCUT2D eigenvalue weighted by atomic mass is 9.72. The number of likely N-dealkylation sites (tertiary alicyclic amines) is 1.